The van der Waals surface area contributed by atoms with E-state index in [9.17, 15) is 4.79 Å². The number of hydrogen-bond acceptors (Lipinski definition) is 5. The van der Waals surface area contributed by atoms with E-state index in [0.29, 0.717) is 31.2 Å². The molecule has 1 unspecified atom stereocenters. The molecule has 0 saturated heterocycles. The van der Waals surface area contributed by atoms with E-state index in [1.54, 1.807) is 13.0 Å². The number of anilines is 2. The number of aromatic nitrogens is 1. The van der Waals surface area contributed by atoms with Crippen LogP contribution in [0, 0.1) is 6.92 Å². The molecule has 0 aliphatic carbocycles. The second-order valence-electron chi connectivity index (χ2n) is 6.91. The summed E-state index contributed by atoms with van der Waals surface area (Å²) in [6, 6.07) is 19.6. The molecular formula is C23H27N3O3. The van der Waals surface area contributed by atoms with E-state index >= 15 is 0 Å². The molecule has 0 fully saturated rings. The summed E-state index contributed by atoms with van der Waals surface area (Å²) in [5, 5.41) is 9.87. The Morgan fingerprint density at radius 1 is 1.10 bits per heavy atom. The molecule has 152 valence electrons. The molecule has 3 rings (SSSR count). The maximum absolute atomic E-state index is 12.5. The van der Waals surface area contributed by atoms with Crippen LogP contribution in [0.25, 0.3) is 0 Å². The van der Waals surface area contributed by atoms with Crippen LogP contribution in [0.4, 0.5) is 11.5 Å². The largest absolute Gasteiger partial charge is 0.376 e. The van der Waals surface area contributed by atoms with E-state index in [-0.39, 0.29) is 11.9 Å². The van der Waals surface area contributed by atoms with Gasteiger partial charge in [0.05, 0.1) is 13.2 Å². The van der Waals surface area contributed by atoms with Crippen LogP contribution in [0.15, 0.2) is 65.2 Å². The molecule has 1 amide bonds. The fourth-order valence-electron chi connectivity index (χ4n) is 2.97. The lowest BCUT2D eigenvalue weighted by molar-refractivity contribution is -0.117. The third-order valence-corrected chi connectivity index (χ3v) is 4.52. The number of carbonyl (C=O) groups excluding carboxylic acids is 1. The first kappa shape index (κ1) is 20.6. The zero-order valence-electron chi connectivity index (χ0n) is 16.9. The Kier molecular flexibility index (Phi) is 7.41. The Bertz CT molecular complexity index is 908. The van der Waals surface area contributed by atoms with Crippen molar-refractivity contribution in [1.29, 1.82) is 0 Å². The number of aryl methyl sites for hydroxylation is 1. The van der Waals surface area contributed by atoms with Crippen LogP contribution < -0.4 is 10.6 Å². The Hall–Kier alpha value is -3.12. The van der Waals surface area contributed by atoms with Crippen molar-refractivity contribution >= 4 is 17.4 Å². The summed E-state index contributed by atoms with van der Waals surface area (Å²) in [5.74, 6) is 0.930. The highest BCUT2D eigenvalue weighted by Gasteiger charge is 2.17. The van der Waals surface area contributed by atoms with Gasteiger partial charge in [-0.2, -0.15) is 0 Å². The Morgan fingerprint density at radius 3 is 2.62 bits per heavy atom. The summed E-state index contributed by atoms with van der Waals surface area (Å²) in [5.41, 5.74) is 3.21. The molecule has 6 nitrogen and oxygen atoms in total. The van der Waals surface area contributed by atoms with Crippen LogP contribution in [0.1, 0.15) is 30.2 Å². The number of ether oxygens (including phenoxy) is 1. The third kappa shape index (κ3) is 6.47. The van der Waals surface area contributed by atoms with Crippen molar-refractivity contribution < 1.29 is 14.1 Å². The lowest BCUT2D eigenvalue weighted by Gasteiger charge is -2.17. The highest BCUT2D eigenvalue weighted by atomic mass is 16.5. The normalized spacial score (nSPS) is 11.8. The highest BCUT2D eigenvalue weighted by molar-refractivity contribution is 5.95. The number of carbonyl (C=O) groups is 1. The van der Waals surface area contributed by atoms with E-state index in [4.69, 9.17) is 9.26 Å². The Balaban J connectivity index is 1.50. The molecule has 2 N–H and O–H groups in total. The topological polar surface area (TPSA) is 76.4 Å². The molecule has 0 radical (unpaired) electrons. The third-order valence-electron chi connectivity index (χ3n) is 4.52. The molecule has 2 aromatic carbocycles. The maximum Gasteiger partial charge on any atom is 0.248 e. The first-order valence-corrected chi connectivity index (χ1v) is 9.85. The molecule has 0 bridgehead atoms. The van der Waals surface area contributed by atoms with Crippen LogP contribution in [0.3, 0.4) is 0 Å². The van der Waals surface area contributed by atoms with Crippen LogP contribution >= 0.6 is 0 Å². The lowest BCUT2D eigenvalue weighted by Crippen LogP contribution is -2.34. The van der Waals surface area contributed by atoms with E-state index in [0.717, 1.165) is 17.7 Å². The molecule has 0 spiro atoms. The van der Waals surface area contributed by atoms with Gasteiger partial charge in [-0.05, 0) is 43.0 Å². The second kappa shape index (κ2) is 10.4. The minimum Gasteiger partial charge on any atom is -0.376 e. The van der Waals surface area contributed by atoms with Gasteiger partial charge in [-0.15, -0.1) is 0 Å². The van der Waals surface area contributed by atoms with Gasteiger partial charge >= 0.3 is 0 Å². The zero-order chi connectivity index (χ0) is 20.5. The number of nitrogens with one attached hydrogen (secondary N) is 2. The highest BCUT2D eigenvalue weighted by Crippen LogP contribution is 2.15. The first-order valence-electron chi connectivity index (χ1n) is 9.85. The van der Waals surface area contributed by atoms with Gasteiger partial charge < -0.3 is 19.9 Å². The van der Waals surface area contributed by atoms with Crippen LogP contribution in [-0.4, -0.2) is 23.7 Å². The summed E-state index contributed by atoms with van der Waals surface area (Å²) in [4.78, 5) is 12.5. The van der Waals surface area contributed by atoms with E-state index in [1.165, 1.54) is 5.56 Å². The van der Waals surface area contributed by atoms with Gasteiger partial charge in [0, 0.05) is 11.8 Å². The van der Waals surface area contributed by atoms with E-state index < -0.39 is 0 Å². The van der Waals surface area contributed by atoms with Gasteiger partial charge in [0.2, 0.25) is 5.91 Å². The van der Waals surface area contributed by atoms with Crippen LogP contribution in [0.5, 0.6) is 0 Å². The van der Waals surface area contributed by atoms with Crippen molar-refractivity contribution in [3.63, 3.8) is 0 Å². The minimum atomic E-state index is -0.374. The fourth-order valence-corrected chi connectivity index (χ4v) is 2.97. The number of hydrogen-bond donors (Lipinski definition) is 2. The monoisotopic (exact) mass is 393 g/mol. The molecular weight excluding hydrogens is 366 g/mol. The van der Waals surface area contributed by atoms with Crippen molar-refractivity contribution in [1.82, 2.24) is 5.16 Å². The molecule has 0 aliphatic rings. The fraction of sp³-hybridized carbons (Fsp3) is 0.304. The van der Waals surface area contributed by atoms with Crippen molar-refractivity contribution in [2.75, 3.05) is 17.2 Å². The number of rotatable bonds is 10. The van der Waals surface area contributed by atoms with Gasteiger partial charge in [0.25, 0.3) is 0 Å². The average Bonchev–Trinajstić information content (AvgIpc) is 3.15. The Labute approximate surface area is 171 Å². The molecule has 1 atom stereocenters. The number of benzene rings is 2. The van der Waals surface area contributed by atoms with Gasteiger partial charge in [0.1, 0.15) is 11.8 Å². The zero-order valence-corrected chi connectivity index (χ0v) is 16.9. The maximum atomic E-state index is 12.5. The van der Waals surface area contributed by atoms with Gasteiger partial charge in [-0.1, -0.05) is 54.5 Å². The van der Waals surface area contributed by atoms with Crippen molar-refractivity contribution in [3.05, 3.63) is 77.6 Å². The molecule has 1 aromatic heterocycles. The number of amides is 1. The van der Waals surface area contributed by atoms with E-state index in [1.807, 2.05) is 49.4 Å². The molecule has 0 saturated carbocycles. The molecule has 29 heavy (non-hydrogen) atoms. The van der Waals surface area contributed by atoms with Gasteiger partial charge in [0.15, 0.2) is 5.82 Å². The smallest absolute Gasteiger partial charge is 0.248 e. The van der Waals surface area contributed by atoms with Crippen molar-refractivity contribution in [3.8, 4) is 0 Å². The molecule has 3 aromatic rings. The van der Waals surface area contributed by atoms with Crippen molar-refractivity contribution in [2.24, 2.45) is 0 Å². The predicted molar refractivity (Wildman–Crippen MR) is 114 cm³/mol. The predicted octanol–water partition coefficient (Wildman–Crippen LogP) is 4.57. The summed E-state index contributed by atoms with van der Waals surface area (Å²) >= 11 is 0. The van der Waals surface area contributed by atoms with Crippen LogP contribution in [0.2, 0.25) is 0 Å². The van der Waals surface area contributed by atoms with E-state index in [2.05, 4.69) is 27.9 Å². The SMILES string of the molecule is CCC(Nc1cccc(COCCc2ccccc2)c1)C(=O)Nc1cc(C)on1. The molecule has 0 aliphatic heterocycles. The molecule has 1 heterocycles. The summed E-state index contributed by atoms with van der Waals surface area (Å²) in [6.07, 6.45) is 1.53. The Morgan fingerprint density at radius 2 is 1.90 bits per heavy atom. The summed E-state index contributed by atoms with van der Waals surface area (Å²) in [7, 11) is 0. The standard InChI is InChI=1S/C23H27N3O3/c1-3-21(23(27)25-22-14-17(2)29-26-22)24-20-11-7-10-19(15-20)16-28-13-12-18-8-5-4-6-9-18/h4-11,14-15,21,24H,3,12-13,16H2,1-2H3,(H,25,26,27). The van der Waals surface area contributed by atoms with Gasteiger partial charge in [-0.3, -0.25) is 4.79 Å². The van der Waals surface area contributed by atoms with Gasteiger partial charge in [-0.25, -0.2) is 0 Å². The minimum absolute atomic E-state index is 0.148. The second-order valence-corrected chi connectivity index (χ2v) is 6.91. The number of nitrogens with zero attached hydrogens (tertiary/aromatic N) is 1. The summed E-state index contributed by atoms with van der Waals surface area (Å²) in [6.45, 7) is 4.94. The first-order chi connectivity index (χ1) is 14.1. The average molecular weight is 393 g/mol. The van der Waals surface area contributed by atoms with Crippen molar-refractivity contribution in [2.45, 2.75) is 39.3 Å². The quantitative estimate of drug-likeness (QED) is 0.494. The molecule has 6 heteroatoms. The summed E-state index contributed by atoms with van der Waals surface area (Å²) < 4.78 is 10.8. The van der Waals surface area contributed by atoms with Crippen LogP contribution in [-0.2, 0) is 22.6 Å². The lowest BCUT2D eigenvalue weighted by atomic mass is 10.1.